The Bertz CT molecular complexity index is 529. The molecule has 1 aromatic carbocycles. The summed E-state index contributed by atoms with van der Waals surface area (Å²) in [7, 11) is -3.84. The number of hydrogen-bond acceptors (Lipinski definition) is 3. The van der Waals surface area contributed by atoms with E-state index in [0.29, 0.717) is 11.1 Å². The van der Waals surface area contributed by atoms with Gasteiger partial charge in [-0.1, -0.05) is 15.9 Å². The molecule has 0 aromatic heterocycles. The Balaban J connectivity index is 2.12. The third kappa shape index (κ3) is 3.28. The van der Waals surface area contributed by atoms with E-state index in [9.17, 15) is 12.8 Å². The zero-order chi connectivity index (χ0) is 13.2. The zero-order valence-electron chi connectivity index (χ0n) is 9.53. The monoisotopic (exact) mass is 337 g/mol. The largest absolute Gasteiger partial charge is 0.377 e. The summed E-state index contributed by atoms with van der Waals surface area (Å²) in [6.45, 7) is 0.825. The summed E-state index contributed by atoms with van der Waals surface area (Å²) in [6, 6.07) is 3.81. The van der Waals surface area contributed by atoms with Crippen LogP contribution < -0.4 is 4.72 Å². The highest BCUT2D eigenvalue weighted by molar-refractivity contribution is 9.10. The molecule has 0 bridgehead atoms. The van der Waals surface area contributed by atoms with Crippen LogP contribution in [0, 0.1) is 5.82 Å². The molecule has 0 radical (unpaired) electrons. The number of halogens is 2. The summed E-state index contributed by atoms with van der Waals surface area (Å²) in [6.07, 6.45) is 1.64. The lowest BCUT2D eigenvalue weighted by Crippen LogP contribution is -2.32. The van der Waals surface area contributed by atoms with Crippen molar-refractivity contribution in [3.8, 4) is 0 Å². The molecule has 1 heterocycles. The molecular formula is C11H13BrFNO3S. The van der Waals surface area contributed by atoms with Crippen LogP contribution in [0.15, 0.2) is 27.6 Å². The van der Waals surface area contributed by atoms with Gasteiger partial charge in [-0.15, -0.1) is 0 Å². The molecular weight excluding hydrogens is 325 g/mol. The molecule has 1 fully saturated rings. The normalized spacial score (nSPS) is 20.2. The molecule has 4 nitrogen and oxygen atoms in total. The van der Waals surface area contributed by atoms with E-state index >= 15 is 0 Å². The van der Waals surface area contributed by atoms with E-state index in [2.05, 4.69) is 20.7 Å². The summed E-state index contributed by atoms with van der Waals surface area (Å²) >= 11 is 3.12. The molecule has 100 valence electrons. The van der Waals surface area contributed by atoms with Gasteiger partial charge in [-0.05, 0) is 31.0 Å². The predicted octanol–water partition coefficient (Wildman–Crippen LogP) is 2.05. The second-order valence-electron chi connectivity index (χ2n) is 4.06. The van der Waals surface area contributed by atoms with Crippen LogP contribution in [0.4, 0.5) is 4.39 Å². The van der Waals surface area contributed by atoms with E-state index in [1.54, 1.807) is 0 Å². The quantitative estimate of drug-likeness (QED) is 0.914. The van der Waals surface area contributed by atoms with Crippen LogP contribution >= 0.6 is 15.9 Å². The molecule has 0 spiro atoms. The fourth-order valence-corrected chi connectivity index (χ4v) is 3.45. The Morgan fingerprint density at radius 2 is 2.28 bits per heavy atom. The summed E-state index contributed by atoms with van der Waals surface area (Å²) in [5, 5.41) is 0. The van der Waals surface area contributed by atoms with Crippen molar-refractivity contribution in [3.63, 3.8) is 0 Å². The van der Waals surface area contributed by atoms with Gasteiger partial charge in [0.05, 0.1) is 6.10 Å². The third-order valence-corrected chi connectivity index (χ3v) is 4.64. The van der Waals surface area contributed by atoms with Gasteiger partial charge in [-0.25, -0.2) is 17.5 Å². The second kappa shape index (κ2) is 5.64. The Kier molecular flexibility index (Phi) is 4.37. The summed E-state index contributed by atoms with van der Waals surface area (Å²) in [4.78, 5) is -0.352. The fourth-order valence-electron chi connectivity index (χ4n) is 1.77. The zero-order valence-corrected chi connectivity index (χ0v) is 11.9. The van der Waals surface area contributed by atoms with Crippen molar-refractivity contribution in [2.75, 3.05) is 13.2 Å². The summed E-state index contributed by atoms with van der Waals surface area (Å²) in [5.74, 6) is -0.766. The predicted molar refractivity (Wildman–Crippen MR) is 68.3 cm³/mol. The first-order chi connectivity index (χ1) is 8.49. The van der Waals surface area contributed by atoms with Crippen molar-refractivity contribution in [3.05, 3.63) is 28.5 Å². The van der Waals surface area contributed by atoms with Crippen LogP contribution in [0.3, 0.4) is 0 Å². The van der Waals surface area contributed by atoms with Gasteiger partial charge in [0.2, 0.25) is 10.0 Å². The third-order valence-electron chi connectivity index (χ3n) is 2.71. The average Bonchev–Trinajstić information content (AvgIpc) is 2.83. The Morgan fingerprint density at radius 1 is 1.50 bits per heavy atom. The SMILES string of the molecule is O=S(=O)(NCC1CCCO1)c1cc(Br)ccc1F. The van der Waals surface area contributed by atoms with E-state index in [-0.39, 0.29) is 17.5 Å². The summed E-state index contributed by atoms with van der Waals surface area (Å²) < 4.78 is 45.6. The minimum absolute atomic E-state index is 0.116. The molecule has 2 rings (SSSR count). The first-order valence-electron chi connectivity index (χ1n) is 5.55. The average molecular weight is 338 g/mol. The van der Waals surface area contributed by atoms with Crippen molar-refractivity contribution in [2.24, 2.45) is 0 Å². The van der Waals surface area contributed by atoms with Gasteiger partial charge in [0.15, 0.2) is 0 Å². The van der Waals surface area contributed by atoms with Crippen LogP contribution in [-0.4, -0.2) is 27.7 Å². The van der Waals surface area contributed by atoms with Crippen molar-refractivity contribution in [1.29, 1.82) is 0 Å². The fraction of sp³-hybridized carbons (Fsp3) is 0.455. The van der Waals surface area contributed by atoms with Gasteiger partial charge in [0.25, 0.3) is 0 Å². The molecule has 1 aliphatic rings. The molecule has 18 heavy (non-hydrogen) atoms. The first kappa shape index (κ1) is 13.9. The highest BCUT2D eigenvalue weighted by Gasteiger charge is 2.22. The van der Waals surface area contributed by atoms with E-state index in [1.807, 2.05) is 0 Å². The van der Waals surface area contributed by atoms with Crippen LogP contribution in [0.1, 0.15) is 12.8 Å². The van der Waals surface area contributed by atoms with Gasteiger partial charge in [-0.3, -0.25) is 0 Å². The lowest BCUT2D eigenvalue weighted by atomic mass is 10.2. The number of rotatable bonds is 4. The van der Waals surface area contributed by atoms with Gasteiger partial charge in [0.1, 0.15) is 10.7 Å². The van der Waals surface area contributed by atoms with E-state index in [1.165, 1.54) is 12.1 Å². The molecule has 7 heteroatoms. The molecule has 0 amide bonds. The van der Waals surface area contributed by atoms with E-state index in [4.69, 9.17) is 4.74 Å². The topological polar surface area (TPSA) is 55.4 Å². The van der Waals surface area contributed by atoms with Gasteiger partial charge in [-0.2, -0.15) is 0 Å². The Morgan fingerprint density at radius 3 is 2.94 bits per heavy atom. The van der Waals surface area contributed by atoms with Gasteiger partial charge < -0.3 is 4.74 Å². The molecule has 1 saturated heterocycles. The summed E-state index contributed by atoms with van der Waals surface area (Å²) in [5.41, 5.74) is 0. The van der Waals surface area contributed by atoms with Crippen molar-refractivity contribution >= 4 is 26.0 Å². The molecule has 0 saturated carbocycles. The standard InChI is InChI=1S/C11H13BrFNO3S/c12-8-3-4-10(13)11(6-8)18(15,16)14-7-9-2-1-5-17-9/h3-4,6,9,14H,1-2,5,7H2. The number of ether oxygens (including phenoxy) is 1. The van der Waals surface area contributed by atoms with Crippen LogP contribution in [0.5, 0.6) is 0 Å². The van der Waals surface area contributed by atoms with Crippen LogP contribution in [-0.2, 0) is 14.8 Å². The van der Waals surface area contributed by atoms with Crippen LogP contribution in [0.2, 0.25) is 0 Å². The molecule has 1 aromatic rings. The van der Waals surface area contributed by atoms with Crippen molar-refractivity contribution < 1.29 is 17.5 Å². The maximum absolute atomic E-state index is 13.5. The molecule has 1 unspecified atom stereocenters. The van der Waals surface area contributed by atoms with E-state index in [0.717, 1.165) is 18.9 Å². The number of sulfonamides is 1. The Hall–Kier alpha value is -0.500. The lowest BCUT2D eigenvalue weighted by Gasteiger charge is -2.12. The minimum atomic E-state index is -3.84. The molecule has 1 N–H and O–H groups in total. The lowest BCUT2D eigenvalue weighted by molar-refractivity contribution is 0.114. The van der Waals surface area contributed by atoms with Crippen LogP contribution in [0.25, 0.3) is 0 Å². The molecule has 1 atom stereocenters. The maximum atomic E-state index is 13.5. The Labute approximate surface area is 114 Å². The van der Waals surface area contributed by atoms with Crippen molar-refractivity contribution in [2.45, 2.75) is 23.8 Å². The smallest absolute Gasteiger partial charge is 0.243 e. The number of hydrogen-bond donors (Lipinski definition) is 1. The van der Waals surface area contributed by atoms with Gasteiger partial charge >= 0.3 is 0 Å². The highest BCUT2D eigenvalue weighted by Crippen LogP contribution is 2.20. The number of benzene rings is 1. The molecule has 1 aliphatic heterocycles. The molecule has 0 aliphatic carbocycles. The maximum Gasteiger partial charge on any atom is 0.243 e. The minimum Gasteiger partial charge on any atom is -0.377 e. The first-order valence-corrected chi connectivity index (χ1v) is 7.83. The van der Waals surface area contributed by atoms with Gasteiger partial charge in [0, 0.05) is 17.6 Å². The van der Waals surface area contributed by atoms with Crippen molar-refractivity contribution in [1.82, 2.24) is 4.72 Å². The van der Waals surface area contributed by atoms with E-state index < -0.39 is 15.8 Å². The highest BCUT2D eigenvalue weighted by atomic mass is 79.9. The second-order valence-corrected chi connectivity index (χ2v) is 6.71. The number of nitrogens with one attached hydrogen (secondary N) is 1.